The van der Waals surface area contributed by atoms with Crippen molar-refractivity contribution in [1.82, 2.24) is 20.1 Å². The molecule has 2 aliphatic rings. The fourth-order valence-corrected chi connectivity index (χ4v) is 4.03. The highest BCUT2D eigenvalue weighted by Crippen LogP contribution is 2.53. The highest BCUT2D eigenvalue weighted by atomic mass is 19.1. The summed E-state index contributed by atoms with van der Waals surface area (Å²) in [5.41, 5.74) is 6.22. The Morgan fingerprint density at radius 3 is 2.83 bits per heavy atom. The molecule has 3 heterocycles. The summed E-state index contributed by atoms with van der Waals surface area (Å²) < 4.78 is 25.7. The first-order valence-electron chi connectivity index (χ1n) is 9.55. The number of ether oxygens (including phenoxy) is 2. The molecule has 2 aromatic heterocycles. The number of hydrogen-bond acceptors (Lipinski definition) is 7. The summed E-state index contributed by atoms with van der Waals surface area (Å²) in [6, 6.07) is 10.3. The highest BCUT2D eigenvalue weighted by molar-refractivity contribution is 5.76. The van der Waals surface area contributed by atoms with Gasteiger partial charge in [-0.25, -0.2) is 14.2 Å². The van der Waals surface area contributed by atoms with Gasteiger partial charge in [0.1, 0.15) is 11.5 Å². The SMILES string of the molecule is Nc1nccc(CN2C(=O)Oc3cc(Oc4cccnn4)ccc3C23CCC3)c1F. The van der Waals surface area contributed by atoms with E-state index >= 15 is 0 Å². The van der Waals surface area contributed by atoms with Gasteiger partial charge in [-0.3, -0.25) is 4.90 Å². The summed E-state index contributed by atoms with van der Waals surface area (Å²) in [7, 11) is 0. The first-order chi connectivity index (χ1) is 14.6. The third kappa shape index (κ3) is 2.90. The summed E-state index contributed by atoms with van der Waals surface area (Å²) in [6.45, 7) is 0.0503. The number of anilines is 1. The van der Waals surface area contributed by atoms with Crippen molar-refractivity contribution in [3.8, 4) is 17.4 Å². The minimum absolute atomic E-state index is 0.0503. The largest absolute Gasteiger partial charge is 0.437 e. The van der Waals surface area contributed by atoms with Crippen LogP contribution in [0.3, 0.4) is 0 Å². The Morgan fingerprint density at radius 2 is 2.10 bits per heavy atom. The van der Waals surface area contributed by atoms with E-state index in [9.17, 15) is 9.18 Å². The summed E-state index contributed by atoms with van der Waals surface area (Å²) in [5, 5.41) is 7.67. The molecule has 0 radical (unpaired) electrons. The van der Waals surface area contributed by atoms with Crippen LogP contribution in [0.25, 0.3) is 0 Å². The normalized spacial score (nSPS) is 16.6. The van der Waals surface area contributed by atoms with Crippen LogP contribution >= 0.6 is 0 Å². The van der Waals surface area contributed by atoms with Gasteiger partial charge in [-0.1, -0.05) is 0 Å². The molecular formula is C21H18FN5O3. The fraction of sp³-hybridized carbons (Fsp3) is 0.238. The summed E-state index contributed by atoms with van der Waals surface area (Å²) in [4.78, 5) is 18.2. The summed E-state index contributed by atoms with van der Waals surface area (Å²) in [6.07, 6.45) is 4.94. The molecule has 1 aliphatic heterocycles. The second-order valence-electron chi connectivity index (χ2n) is 7.33. The molecule has 0 atom stereocenters. The van der Waals surface area contributed by atoms with Gasteiger partial charge in [0.25, 0.3) is 0 Å². The molecule has 1 aromatic carbocycles. The second-order valence-corrected chi connectivity index (χ2v) is 7.33. The van der Waals surface area contributed by atoms with Gasteiger partial charge < -0.3 is 15.2 Å². The lowest BCUT2D eigenvalue weighted by Crippen LogP contribution is -2.57. The quantitative estimate of drug-likeness (QED) is 0.702. The number of hydrogen-bond donors (Lipinski definition) is 1. The van der Waals surface area contributed by atoms with Crippen LogP contribution in [0.2, 0.25) is 0 Å². The van der Waals surface area contributed by atoms with Crippen molar-refractivity contribution in [1.29, 1.82) is 0 Å². The molecule has 1 aliphatic carbocycles. The molecule has 2 N–H and O–H groups in total. The molecule has 9 heteroatoms. The Hall–Kier alpha value is -3.75. The second kappa shape index (κ2) is 6.94. The molecule has 0 unspecified atom stereocenters. The van der Waals surface area contributed by atoms with Gasteiger partial charge in [0.2, 0.25) is 5.88 Å². The maximum atomic E-state index is 14.4. The lowest BCUT2D eigenvalue weighted by atomic mass is 9.69. The minimum Gasteiger partial charge on any atom is -0.437 e. The van der Waals surface area contributed by atoms with E-state index in [2.05, 4.69) is 15.2 Å². The molecular weight excluding hydrogens is 389 g/mol. The Labute approximate surface area is 171 Å². The van der Waals surface area contributed by atoms with Crippen molar-refractivity contribution in [2.45, 2.75) is 31.3 Å². The molecule has 1 spiro atoms. The van der Waals surface area contributed by atoms with Crippen molar-refractivity contribution in [2.75, 3.05) is 5.73 Å². The number of carbonyl (C=O) groups excluding carboxylic acids is 1. The van der Waals surface area contributed by atoms with Gasteiger partial charge in [0.05, 0.1) is 12.1 Å². The minimum atomic E-state index is -0.613. The lowest BCUT2D eigenvalue weighted by Gasteiger charge is -2.52. The van der Waals surface area contributed by atoms with Crippen LogP contribution in [-0.2, 0) is 12.1 Å². The van der Waals surface area contributed by atoms with E-state index < -0.39 is 17.4 Å². The number of fused-ring (bicyclic) bond motifs is 2. The molecule has 30 heavy (non-hydrogen) atoms. The maximum absolute atomic E-state index is 14.4. The number of halogens is 1. The predicted molar refractivity (Wildman–Crippen MR) is 104 cm³/mol. The lowest BCUT2D eigenvalue weighted by molar-refractivity contribution is 0.00112. The van der Waals surface area contributed by atoms with E-state index in [-0.39, 0.29) is 12.4 Å². The van der Waals surface area contributed by atoms with E-state index in [0.29, 0.717) is 22.9 Å². The number of nitrogens with two attached hydrogens (primary N) is 1. The van der Waals surface area contributed by atoms with Crippen LogP contribution in [0.15, 0.2) is 48.8 Å². The molecule has 0 bridgehead atoms. The zero-order valence-electron chi connectivity index (χ0n) is 15.9. The number of nitrogens with zero attached hydrogens (tertiary/aromatic N) is 4. The van der Waals surface area contributed by atoms with E-state index in [1.54, 1.807) is 35.4 Å². The molecule has 1 fully saturated rings. The van der Waals surface area contributed by atoms with E-state index in [4.69, 9.17) is 15.2 Å². The number of nitrogen functional groups attached to an aromatic ring is 1. The standard InChI is InChI=1S/C21H18FN5O3/c22-18-13(6-10-24-19(18)23)12-27-20(28)30-16-11-14(29-17-3-1-9-25-26-17)4-5-15(16)21(27)7-2-8-21/h1,3-6,9-11H,2,7-8,12H2,(H2,23,24). The highest BCUT2D eigenvalue weighted by Gasteiger charge is 2.51. The first-order valence-corrected chi connectivity index (χ1v) is 9.55. The molecule has 3 aromatic rings. The van der Waals surface area contributed by atoms with E-state index in [1.807, 2.05) is 6.07 Å². The average molecular weight is 407 g/mol. The first kappa shape index (κ1) is 18.3. The number of pyridine rings is 1. The number of aromatic nitrogens is 3. The topological polar surface area (TPSA) is 103 Å². The zero-order valence-corrected chi connectivity index (χ0v) is 15.9. The molecule has 5 rings (SSSR count). The van der Waals surface area contributed by atoms with Crippen molar-refractivity contribution in [3.05, 3.63) is 65.7 Å². The molecule has 1 amide bonds. The Bertz CT molecular complexity index is 1120. The van der Waals surface area contributed by atoms with Gasteiger partial charge in [0.15, 0.2) is 11.6 Å². The monoisotopic (exact) mass is 407 g/mol. The van der Waals surface area contributed by atoms with Crippen LogP contribution in [-0.4, -0.2) is 26.2 Å². The zero-order chi connectivity index (χ0) is 20.7. The van der Waals surface area contributed by atoms with Gasteiger partial charge in [0, 0.05) is 35.7 Å². The van der Waals surface area contributed by atoms with Crippen LogP contribution in [0.5, 0.6) is 17.4 Å². The van der Waals surface area contributed by atoms with E-state index in [1.165, 1.54) is 12.3 Å². The molecule has 0 saturated heterocycles. The van der Waals surface area contributed by atoms with Gasteiger partial charge in [-0.05, 0) is 43.5 Å². The molecule has 8 nitrogen and oxygen atoms in total. The van der Waals surface area contributed by atoms with Crippen molar-refractivity contribution >= 4 is 11.9 Å². The molecule has 152 valence electrons. The van der Waals surface area contributed by atoms with Crippen LogP contribution in [0.4, 0.5) is 15.0 Å². The van der Waals surface area contributed by atoms with Crippen molar-refractivity contribution in [2.24, 2.45) is 0 Å². The summed E-state index contributed by atoms with van der Waals surface area (Å²) in [5.74, 6) is 0.459. The van der Waals surface area contributed by atoms with E-state index in [0.717, 1.165) is 24.8 Å². The molecule has 1 saturated carbocycles. The third-order valence-corrected chi connectivity index (χ3v) is 5.66. The fourth-order valence-electron chi connectivity index (χ4n) is 4.03. The van der Waals surface area contributed by atoms with Crippen LogP contribution in [0.1, 0.15) is 30.4 Å². The summed E-state index contributed by atoms with van der Waals surface area (Å²) >= 11 is 0. The van der Waals surface area contributed by atoms with Gasteiger partial charge >= 0.3 is 6.09 Å². The number of rotatable bonds is 4. The van der Waals surface area contributed by atoms with Gasteiger partial charge in [-0.15, -0.1) is 5.10 Å². The van der Waals surface area contributed by atoms with Crippen molar-refractivity contribution in [3.63, 3.8) is 0 Å². The predicted octanol–water partition coefficient (Wildman–Crippen LogP) is 3.78. The van der Waals surface area contributed by atoms with Crippen LogP contribution in [0, 0.1) is 5.82 Å². The van der Waals surface area contributed by atoms with Gasteiger partial charge in [-0.2, -0.15) is 5.10 Å². The number of benzene rings is 1. The van der Waals surface area contributed by atoms with Crippen molar-refractivity contribution < 1.29 is 18.7 Å². The Morgan fingerprint density at radius 1 is 1.23 bits per heavy atom. The Kier molecular flexibility index (Phi) is 4.23. The maximum Gasteiger partial charge on any atom is 0.416 e. The number of amides is 1. The van der Waals surface area contributed by atoms with Crippen LogP contribution < -0.4 is 15.2 Å². The Balaban J connectivity index is 1.48. The average Bonchev–Trinajstić information content (AvgIpc) is 2.71. The smallest absolute Gasteiger partial charge is 0.416 e. The number of carbonyl (C=O) groups is 1. The third-order valence-electron chi connectivity index (χ3n) is 5.66.